The molecule has 0 atom stereocenters. The number of hydrogen-bond acceptors (Lipinski definition) is 4. The minimum Gasteiger partial charge on any atom is -0.493 e. The smallest absolute Gasteiger partial charge is 0.335 e. The van der Waals surface area contributed by atoms with Crippen molar-refractivity contribution in [2.45, 2.75) is 13.8 Å². The third-order valence-electron chi connectivity index (χ3n) is 3.46. The van der Waals surface area contributed by atoms with Crippen molar-refractivity contribution >= 4 is 17.6 Å². The Morgan fingerprint density at radius 2 is 1.67 bits per heavy atom. The van der Waals surface area contributed by atoms with Crippen LogP contribution in [0.1, 0.15) is 21.5 Å². The summed E-state index contributed by atoms with van der Waals surface area (Å²) in [6.45, 7) is 4.53. The molecule has 0 fully saturated rings. The number of carboxylic acid groups (broad SMARTS) is 1. The van der Waals surface area contributed by atoms with Crippen molar-refractivity contribution in [3.63, 3.8) is 0 Å². The summed E-state index contributed by atoms with van der Waals surface area (Å²) in [6.07, 6.45) is 0. The Balaban J connectivity index is 2.03. The van der Waals surface area contributed by atoms with Crippen molar-refractivity contribution in [1.29, 1.82) is 0 Å². The van der Waals surface area contributed by atoms with Crippen LogP contribution >= 0.6 is 11.6 Å². The zero-order valence-corrected chi connectivity index (χ0v) is 14.5. The lowest BCUT2D eigenvalue weighted by molar-refractivity contribution is 0.0696. The van der Waals surface area contributed by atoms with Gasteiger partial charge in [0.2, 0.25) is 0 Å². The molecule has 24 heavy (non-hydrogen) atoms. The molecule has 0 amide bonds. The Morgan fingerprint density at radius 3 is 2.21 bits per heavy atom. The number of halogens is 1. The fourth-order valence-corrected chi connectivity index (χ4v) is 2.56. The molecule has 2 aromatic carbocycles. The van der Waals surface area contributed by atoms with Gasteiger partial charge in [0.05, 0.1) is 17.7 Å². The van der Waals surface area contributed by atoms with Crippen LogP contribution < -0.4 is 14.2 Å². The summed E-state index contributed by atoms with van der Waals surface area (Å²) in [5.41, 5.74) is 2.14. The fourth-order valence-electron chi connectivity index (χ4n) is 2.30. The molecule has 0 aromatic heterocycles. The molecule has 2 rings (SSSR count). The van der Waals surface area contributed by atoms with Gasteiger partial charge in [-0.25, -0.2) is 4.79 Å². The van der Waals surface area contributed by atoms with Gasteiger partial charge in [0.1, 0.15) is 19.0 Å². The zero-order valence-electron chi connectivity index (χ0n) is 13.8. The Morgan fingerprint density at radius 1 is 1.08 bits per heavy atom. The van der Waals surface area contributed by atoms with Gasteiger partial charge in [0.25, 0.3) is 0 Å². The molecule has 6 heteroatoms. The normalized spacial score (nSPS) is 10.3. The average molecular weight is 351 g/mol. The summed E-state index contributed by atoms with van der Waals surface area (Å²) < 4.78 is 16.5. The van der Waals surface area contributed by atoms with Crippen LogP contribution in [0, 0.1) is 13.8 Å². The molecule has 0 heterocycles. The molecule has 2 aromatic rings. The Kier molecular flexibility index (Phi) is 5.93. The largest absolute Gasteiger partial charge is 0.493 e. The molecule has 0 aliphatic rings. The van der Waals surface area contributed by atoms with Gasteiger partial charge in [-0.1, -0.05) is 29.8 Å². The summed E-state index contributed by atoms with van der Waals surface area (Å²) in [5, 5.41) is 9.22. The van der Waals surface area contributed by atoms with Gasteiger partial charge >= 0.3 is 5.97 Å². The highest BCUT2D eigenvalue weighted by molar-refractivity contribution is 6.32. The molecule has 0 saturated heterocycles. The first-order chi connectivity index (χ1) is 11.4. The second kappa shape index (κ2) is 7.93. The Hall–Kier alpha value is -2.40. The number of benzene rings is 2. The molecule has 0 saturated carbocycles. The van der Waals surface area contributed by atoms with E-state index in [-0.39, 0.29) is 22.9 Å². The van der Waals surface area contributed by atoms with Gasteiger partial charge in [-0.3, -0.25) is 0 Å². The van der Waals surface area contributed by atoms with Gasteiger partial charge < -0.3 is 19.3 Å². The summed E-state index contributed by atoms with van der Waals surface area (Å²) in [5.74, 6) is 0.321. The molecule has 0 spiro atoms. The van der Waals surface area contributed by atoms with Crippen molar-refractivity contribution in [2.75, 3.05) is 20.3 Å². The van der Waals surface area contributed by atoms with Crippen LogP contribution in [-0.2, 0) is 0 Å². The maximum atomic E-state index is 11.0. The topological polar surface area (TPSA) is 65.0 Å². The maximum absolute atomic E-state index is 11.0. The third kappa shape index (κ3) is 4.11. The first-order valence-electron chi connectivity index (χ1n) is 7.36. The molecule has 0 aliphatic carbocycles. The van der Waals surface area contributed by atoms with Gasteiger partial charge in [-0.15, -0.1) is 0 Å². The predicted molar refractivity (Wildman–Crippen MR) is 91.9 cm³/mol. The number of carboxylic acids is 1. The van der Waals surface area contributed by atoms with Crippen molar-refractivity contribution < 1.29 is 24.1 Å². The highest BCUT2D eigenvalue weighted by atomic mass is 35.5. The molecule has 0 aliphatic heterocycles. The highest BCUT2D eigenvalue weighted by Gasteiger charge is 2.15. The van der Waals surface area contributed by atoms with Crippen molar-refractivity contribution in [2.24, 2.45) is 0 Å². The lowest BCUT2D eigenvalue weighted by atomic mass is 10.1. The van der Waals surface area contributed by atoms with Gasteiger partial charge in [-0.2, -0.15) is 0 Å². The lowest BCUT2D eigenvalue weighted by Gasteiger charge is -2.15. The quantitative estimate of drug-likeness (QED) is 0.761. The van der Waals surface area contributed by atoms with Gasteiger partial charge in [0, 0.05) is 0 Å². The van der Waals surface area contributed by atoms with E-state index < -0.39 is 5.97 Å². The van der Waals surface area contributed by atoms with Crippen LogP contribution in [0.3, 0.4) is 0 Å². The Labute approximate surface area is 145 Å². The minimum absolute atomic E-state index is 0.0379. The third-order valence-corrected chi connectivity index (χ3v) is 3.74. The van der Waals surface area contributed by atoms with E-state index in [1.807, 2.05) is 32.0 Å². The van der Waals surface area contributed by atoms with Crippen molar-refractivity contribution in [3.8, 4) is 17.2 Å². The number of aryl methyl sites for hydroxylation is 2. The van der Waals surface area contributed by atoms with E-state index in [2.05, 4.69) is 0 Å². The first kappa shape index (κ1) is 17.9. The van der Waals surface area contributed by atoms with Crippen LogP contribution in [0.5, 0.6) is 17.2 Å². The number of rotatable bonds is 7. The van der Waals surface area contributed by atoms with E-state index in [1.165, 1.54) is 19.2 Å². The minimum atomic E-state index is -1.08. The lowest BCUT2D eigenvalue weighted by Crippen LogP contribution is -2.11. The van der Waals surface area contributed by atoms with E-state index >= 15 is 0 Å². The average Bonchev–Trinajstić information content (AvgIpc) is 2.54. The van der Waals surface area contributed by atoms with Gasteiger partial charge in [-0.05, 0) is 37.1 Å². The van der Waals surface area contributed by atoms with Crippen LogP contribution in [0.25, 0.3) is 0 Å². The molecule has 128 valence electrons. The van der Waals surface area contributed by atoms with E-state index in [0.29, 0.717) is 12.4 Å². The predicted octanol–water partition coefficient (Wildman–Crippen LogP) is 4.12. The maximum Gasteiger partial charge on any atom is 0.335 e. The second-order valence-electron chi connectivity index (χ2n) is 5.21. The van der Waals surface area contributed by atoms with E-state index in [4.69, 9.17) is 30.9 Å². The van der Waals surface area contributed by atoms with Gasteiger partial charge in [0.15, 0.2) is 11.5 Å². The summed E-state index contributed by atoms with van der Waals surface area (Å²) in [7, 11) is 1.43. The molecule has 0 bridgehead atoms. The second-order valence-corrected chi connectivity index (χ2v) is 5.62. The van der Waals surface area contributed by atoms with Crippen molar-refractivity contribution in [1.82, 2.24) is 0 Å². The summed E-state index contributed by atoms with van der Waals surface area (Å²) in [4.78, 5) is 11.0. The van der Waals surface area contributed by atoms with E-state index in [9.17, 15) is 4.79 Å². The molecule has 0 radical (unpaired) electrons. The fraction of sp³-hybridized carbons (Fsp3) is 0.278. The number of carbonyl (C=O) groups is 1. The van der Waals surface area contributed by atoms with Crippen LogP contribution in [0.4, 0.5) is 0 Å². The summed E-state index contributed by atoms with van der Waals surface area (Å²) >= 11 is 6.09. The van der Waals surface area contributed by atoms with E-state index in [0.717, 1.165) is 16.9 Å². The van der Waals surface area contributed by atoms with Crippen molar-refractivity contribution in [3.05, 3.63) is 52.0 Å². The number of aromatic carboxylic acids is 1. The zero-order chi connectivity index (χ0) is 17.7. The molecule has 0 unspecified atom stereocenters. The SMILES string of the molecule is COc1cc(C(=O)O)cc(Cl)c1OCCOc1c(C)cccc1C. The molecular formula is C18H19ClO5. The van der Waals surface area contributed by atoms with E-state index in [1.54, 1.807) is 0 Å². The van der Waals surface area contributed by atoms with Crippen LogP contribution in [0.15, 0.2) is 30.3 Å². The molecule has 5 nitrogen and oxygen atoms in total. The highest BCUT2D eigenvalue weighted by Crippen LogP contribution is 2.36. The van der Waals surface area contributed by atoms with Crippen LogP contribution in [-0.4, -0.2) is 31.4 Å². The van der Waals surface area contributed by atoms with Crippen LogP contribution in [0.2, 0.25) is 5.02 Å². The number of hydrogen-bond donors (Lipinski definition) is 1. The summed E-state index contributed by atoms with van der Waals surface area (Å²) in [6, 6.07) is 8.63. The molecule has 1 N–H and O–H groups in total. The number of ether oxygens (including phenoxy) is 3. The number of methoxy groups -OCH3 is 1. The monoisotopic (exact) mass is 350 g/mol. The number of para-hydroxylation sites is 1. The Bertz CT molecular complexity index is 722. The molecular weight excluding hydrogens is 332 g/mol. The first-order valence-corrected chi connectivity index (χ1v) is 7.74. The standard InChI is InChI=1S/C18H19ClO5/c1-11-5-4-6-12(2)16(11)23-7-8-24-17-14(19)9-13(18(20)21)10-15(17)22-3/h4-6,9-10H,7-8H2,1-3H3,(H,20,21).